The van der Waals surface area contributed by atoms with Gasteiger partial charge >= 0.3 is 0 Å². The van der Waals surface area contributed by atoms with Crippen molar-refractivity contribution in [3.63, 3.8) is 0 Å². The molecule has 0 saturated carbocycles. The predicted molar refractivity (Wildman–Crippen MR) is 67.3 cm³/mol. The van der Waals surface area contributed by atoms with Crippen LogP contribution in [-0.2, 0) is 0 Å². The molecule has 92 valence electrons. The third-order valence-electron chi connectivity index (χ3n) is 2.47. The lowest BCUT2D eigenvalue weighted by atomic mass is 10.2. The number of hydrogen-bond acceptors (Lipinski definition) is 2. The standard InChI is InChI=1S/C14H18FNO/c1-3-12(4-2)17-14-10-11(6-5-9-16)7-8-13(14)15/h7-8,10,12H,3-4,9,16H2,1-2H3. The lowest BCUT2D eigenvalue weighted by Gasteiger charge is -2.16. The molecule has 1 rings (SSSR count). The van der Waals surface area contributed by atoms with Crippen LogP contribution in [0.1, 0.15) is 32.3 Å². The lowest BCUT2D eigenvalue weighted by molar-refractivity contribution is 0.184. The smallest absolute Gasteiger partial charge is 0.165 e. The van der Waals surface area contributed by atoms with Gasteiger partial charge in [0.15, 0.2) is 11.6 Å². The van der Waals surface area contributed by atoms with E-state index in [4.69, 9.17) is 10.5 Å². The lowest BCUT2D eigenvalue weighted by Crippen LogP contribution is -2.14. The SMILES string of the molecule is CCC(CC)Oc1cc(C#CCN)ccc1F. The Morgan fingerprint density at radius 3 is 2.65 bits per heavy atom. The topological polar surface area (TPSA) is 35.2 Å². The van der Waals surface area contributed by atoms with Gasteiger partial charge in [0.05, 0.1) is 12.6 Å². The largest absolute Gasteiger partial charge is 0.487 e. The van der Waals surface area contributed by atoms with E-state index in [-0.39, 0.29) is 17.7 Å². The molecule has 1 aromatic rings. The Morgan fingerprint density at radius 1 is 1.35 bits per heavy atom. The summed E-state index contributed by atoms with van der Waals surface area (Å²) in [6.45, 7) is 4.33. The van der Waals surface area contributed by atoms with Crippen LogP contribution in [0.2, 0.25) is 0 Å². The third kappa shape index (κ3) is 4.08. The second-order valence-electron chi connectivity index (χ2n) is 3.71. The molecule has 2 nitrogen and oxygen atoms in total. The van der Waals surface area contributed by atoms with Gasteiger partial charge in [0, 0.05) is 5.56 Å². The molecule has 17 heavy (non-hydrogen) atoms. The molecule has 0 fully saturated rings. The molecular formula is C14H18FNO. The van der Waals surface area contributed by atoms with Gasteiger partial charge < -0.3 is 10.5 Å². The summed E-state index contributed by atoms with van der Waals surface area (Å²) in [5.74, 6) is 5.51. The summed E-state index contributed by atoms with van der Waals surface area (Å²) in [4.78, 5) is 0. The fraction of sp³-hybridized carbons (Fsp3) is 0.429. The van der Waals surface area contributed by atoms with Crippen LogP contribution >= 0.6 is 0 Å². The first kappa shape index (κ1) is 13.5. The number of halogens is 1. The minimum Gasteiger partial charge on any atom is -0.487 e. The molecular weight excluding hydrogens is 217 g/mol. The van der Waals surface area contributed by atoms with Gasteiger partial charge in [-0.1, -0.05) is 25.7 Å². The maximum atomic E-state index is 13.5. The zero-order valence-corrected chi connectivity index (χ0v) is 10.3. The van der Waals surface area contributed by atoms with E-state index in [0.29, 0.717) is 6.54 Å². The first-order valence-corrected chi connectivity index (χ1v) is 5.86. The van der Waals surface area contributed by atoms with Crippen molar-refractivity contribution in [3.05, 3.63) is 29.6 Å². The van der Waals surface area contributed by atoms with Crippen LogP contribution in [0.5, 0.6) is 5.75 Å². The molecule has 0 aromatic heterocycles. The van der Waals surface area contributed by atoms with E-state index in [0.717, 1.165) is 18.4 Å². The molecule has 2 N–H and O–H groups in total. The molecule has 0 aliphatic rings. The number of rotatable bonds is 4. The Kier molecular flexibility index (Phi) is 5.51. The van der Waals surface area contributed by atoms with Crippen molar-refractivity contribution < 1.29 is 9.13 Å². The van der Waals surface area contributed by atoms with E-state index in [1.54, 1.807) is 12.1 Å². The van der Waals surface area contributed by atoms with Crippen molar-refractivity contribution in [2.75, 3.05) is 6.54 Å². The minimum absolute atomic E-state index is 0.0437. The van der Waals surface area contributed by atoms with Crippen molar-refractivity contribution in [2.24, 2.45) is 5.73 Å². The van der Waals surface area contributed by atoms with Crippen molar-refractivity contribution in [2.45, 2.75) is 32.8 Å². The van der Waals surface area contributed by atoms with Crippen LogP contribution in [0.3, 0.4) is 0 Å². The Labute approximate surface area is 102 Å². The first-order valence-electron chi connectivity index (χ1n) is 5.86. The Bertz CT molecular complexity index is 416. The molecule has 0 atom stereocenters. The van der Waals surface area contributed by atoms with Gasteiger partial charge in [0.2, 0.25) is 0 Å². The summed E-state index contributed by atoms with van der Waals surface area (Å²) < 4.78 is 19.1. The Hall–Kier alpha value is -1.53. The first-order chi connectivity index (χ1) is 8.21. The molecule has 0 saturated heterocycles. The fourth-order valence-corrected chi connectivity index (χ4v) is 1.46. The maximum absolute atomic E-state index is 13.5. The van der Waals surface area contributed by atoms with Crippen LogP contribution in [-0.4, -0.2) is 12.6 Å². The number of nitrogens with two attached hydrogens (primary N) is 1. The van der Waals surface area contributed by atoms with Crippen molar-refractivity contribution >= 4 is 0 Å². The Morgan fingerprint density at radius 2 is 2.06 bits per heavy atom. The molecule has 0 unspecified atom stereocenters. The number of ether oxygens (including phenoxy) is 1. The van der Waals surface area contributed by atoms with E-state index >= 15 is 0 Å². The predicted octanol–water partition coefficient (Wildman–Crippen LogP) is 2.70. The average molecular weight is 235 g/mol. The van der Waals surface area contributed by atoms with E-state index < -0.39 is 0 Å². The van der Waals surface area contributed by atoms with Crippen molar-refractivity contribution in [1.29, 1.82) is 0 Å². The van der Waals surface area contributed by atoms with Gasteiger partial charge in [-0.3, -0.25) is 0 Å². The molecule has 0 heterocycles. The van der Waals surface area contributed by atoms with Gasteiger partial charge in [-0.25, -0.2) is 4.39 Å². The Balaban J connectivity index is 2.90. The van der Waals surface area contributed by atoms with Gasteiger partial charge in [0.25, 0.3) is 0 Å². The van der Waals surface area contributed by atoms with Crippen molar-refractivity contribution in [1.82, 2.24) is 0 Å². The van der Waals surface area contributed by atoms with E-state index in [2.05, 4.69) is 11.8 Å². The summed E-state index contributed by atoms with van der Waals surface area (Å²) in [6.07, 6.45) is 1.76. The van der Waals surface area contributed by atoms with Crippen LogP contribution in [0, 0.1) is 17.7 Å². The van der Waals surface area contributed by atoms with Crippen LogP contribution in [0.25, 0.3) is 0 Å². The highest BCUT2D eigenvalue weighted by Gasteiger charge is 2.09. The molecule has 1 aromatic carbocycles. The summed E-state index contributed by atoms with van der Waals surface area (Å²) >= 11 is 0. The normalized spacial score (nSPS) is 9.94. The van der Waals surface area contributed by atoms with Crippen LogP contribution in [0.4, 0.5) is 4.39 Å². The van der Waals surface area contributed by atoms with E-state index in [1.165, 1.54) is 6.07 Å². The summed E-state index contributed by atoms with van der Waals surface area (Å²) in [6, 6.07) is 4.62. The average Bonchev–Trinajstić information content (AvgIpc) is 2.36. The minimum atomic E-state index is -0.352. The molecule has 0 radical (unpaired) electrons. The molecule has 0 bridgehead atoms. The third-order valence-corrected chi connectivity index (χ3v) is 2.47. The van der Waals surface area contributed by atoms with Gasteiger partial charge in [-0.2, -0.15) is 0 Å². The van der Waals surface area contributed by atoms with E-state index in [1.807, 2.05) is 13.8 Å². The number of hydrogen-bond donors (Lipinski definition) is 1. The molecule has 0 aliphatic heterocycles. The van der Waals surface area contributed by atoms with Gasteiger partial charge in [-0.15, -0.1) is 0 Å². The highest BCUT2D eigenvalue weighted by atomic mass is 19.1. The maximum Gasteiger partial charge on any atom is 0.165 e. The number of benzene rings is 1. The van der Waals surface area contributed by atoms with Crippen LogP contribution in [0.15, 0.2) is 18.2 Å². The quantitative estimate of drug-likeness (QED) is 0.814. The monoisotopic (exact) mass is 235 g/mol. The van der Waals surface area contributed by atoms with Gasteiger partial charge in [-0.05, 0) is 31.0 Å². The zero-order valence-electron chi connectivity index (χ0n) is 10.3. The summed E-state index contributed by atoms with van der Waals surface area (Å²) in [5.41, 5.74) is 6.01. The van der Waals surface area contributed by atoms with Gasteiger partial charge in [0.1, 0.15) is 0 Å². The second kappa shape index (κ2) is 6.93. The second-order valence-corrected chi connectivity index (χ2v) is 3.71. The molecule has 0 spiro atoms. The van der Waals surface area contributed by atoms with Crippen molar-refractivity contribution in [3.8, 4) is 17.6 Å². The zero-order chi connectivity index (χ0) is 12.7. The van der Waals surface area contributed by atoms with E-state index in [9.17, 15) is 4.39 Å². The summed E-state index contributed by atoms with van der Waals surface area (Å²) in [5, 5.41) is 0. The molecule has 3 heteroatoms. The highest BCUT2D eigenvalue weighted by Crippen LogP contribution is 2.21. The molecule has 0 amide bonds. The summed E-state index contributed by atoms with van der Waals surface area (Å²) in [7, 11) is 0. The highest BCUT2D eigenvalue weighted by molar-refractivity contribution is 5.40. The molecule has 0 aliphatic carbocycles. The van der Waals surface area contributed by atoms with Crippen LogP contribution < -0.4 is 10.5 Å². The fourth-order valence-electron chi connectivity index (χ4n) is 1.46.